The summed E-state index contributed by atoms with van der Waals surface area (Å²) in [7, 11) is 0. The van der Waals surface area contributed by atoms with E-state index in [1.54, 1.807) is 5.43 Å². The summed E-state index contributed by atoms with van der Waals surface area (Å²) in [6.45, 7) is 0.139. The van der Waals surface area contributed by atoms with Crippen molar-refractivity contribution in [3.05, 3.63) is 16.4 Å². The van der Waals surface area contributed by atoms with E-state index in [4.69, 9.17) is 5.41 Å². The SMILES string of the molecule is N=C(NCCCC(C=O)NC(=O)Cn1cnnn1)N[N+](=O)[O-]. The first-order chi connectivity index (χ1) is 10.5. The maximum Gasteiger partial charge on any atom is 0.251 e. The number of hydrogen-bond acceptors (Lipinski definition) is 8. The normalized spacial score (nSPS) is 11.3. The smallest absolute Gasteiger partial charge is 0.251 e. The molecule has 0 radical (unpaired) electrons. The van der Waals surface area contributed by atoms with Gasteiger partial charge in [0.15, 0.2) is 5.03 Å². The highest BCUT2D eigenvalue weighted by Crippen LogP contribution is 1.94. The van der Waals surface area contributed by atoms with Gasteiger partial charge in [0, 0.05) is 6.54 Å². The highest BCUT2D eigenvalue weighted by Gasteiger charge is 2.12. The Morgan fingerprint density at radius 3 is 2.91 bits per heavy atom. The summed E-state index contributed by atoms with van der Waals surface area (Å²) in [6.07, 6.45) is 2.62. The third-order valence-corrected chi connectivity index (χ3v) is 2.40. The molecule has 1 amide bonds. The lowest BCUT2D eigenvalue weighted by atomic mass is 10.2. The van der Waals surface area contributed by atoms with Crippen molar-refractivity contribution in [3.63, 3.8) is 0 Å². The van der Waals surface area contributed by atoms with E-state index in [2.05, 4.69) is 26.2 Å². The van der Waals surface area contributed by atoms with E-state index in [0.717, 1.165) is 0 Å². The molecule has 0 aromatic carbocycles. The zero-order valence-corrected chi connectivity index (χ0v) is 11.4. The van der Waals surface area contributed by atoms with E-state index >= 15 is 0 Å². The molecular weight excluding hydrogens is 298 g/mol. The zero-order chi connectivity index (χ0) is 16.4. The van der Waals surface area contributed by atoms with Gasteiger partial charge in [-0.3, -0.25) is 10.2 Å². The number of carbonyl (C=O) groups excluding carboxylic acids is 2. The number of aromatic nitrogens is 4. The minimum Gasteiger partial charge on any atom is -0.352 e. The van der Waals surface area contributed by atoms with Crippen molar-refractivity contribution < 1.29 is 14.6 Å². The van der Waals surface area contributed by atoms with Crippen LogP contribution in [-0.2, 0) is 16.1 Å². The van der Waals surface area contributed by atoms with Gasteiger partial charge >= 0.3 is 0 Å². The van der Waals surface area contributed by atoms with Crippen molar-refractivity contribution in [1.82, 2.24) is 36.3 Å². The summed E-state index contributed by atoms with van der Waals surface area (Å²) in [5.41, 5.74) is 1.64. The molecule has 4 N–H and O–H groups in total. The number of guanidine groups is 1. The van der Waals surface area contributed by atoms with Crippen LogP contribution in [0.3, 0.4) is 0 Å². The van der Waals surface area contributed by atoms with E-state index in [-0.39, 0.29) is 13.1 Å². The standard InChI is InChI=1S/C9H15N9O4/c10-9(14-18(21)22)11-3-1-2-7(5-19)13-8(20)4-17-6-12-15-16-17/h5-7H,1-4H2,(H,13,20)(H3,10,11,14). The Bertz CT molecular complexity index is 517. The lowest BCUT2D eigenvalue weighted by molar-refractivity contribution is -0.525. The Hall–Kier alpha value is -3.12. The van der Waals surface area contributed by atoms with E-state index in [9.17, 15) is 19.7 Å². The molecule has 1 unspecified atom stereocenters. The van der Waals surface area contributed by atoms with Gasteiger partial charge in [-0.15, -0.1) is 5.10 Å². The number of nitrogens with one attached hydrogen (secondary N) is 4. The molecule has 1 aromatic heterocycles. The highest BCUT2D eigenvalue weighted by molar-refractivity contribution is 5.79. The van der Waals surface area contributed by atoms with Crippen LogP contribution in [-0.4, -0.2) is 56.0 Å². The Kier molecular flexibility index (Phi) is 6.88. The first kappa shape index (κ1) is 16.9. The second kappa shape index (κ2) is 8.93. The van der Waals surface area contributed by atoms with Crippen LogP contribution in [0.2, 0.25) is 0 Å². The Balaban J connectivity index is 2.21. The average molecular weight is 313 g/mol. The van der Waals surface area contributed by atoms with Crippen LogP contribution >= 0.6 is 0 Å². The second-order valence-corrected chi connectivity index (χ2v) is 4.13. The molecule has 1 rings (SSSR count). The third kappa shape index (κ3) is 6.88. The average Bonchev–Trinajstić information content (AvgIpc) is 2.94. The fourth-order valence-electron chi connectivity index (χ4n) is 1.49. The number of nitro groups is 1. The largest absolute Gasteiger partial charge is 0.352 e. The van der Waals surface area contributed by atoms with E-state index in [0.29, 0.717) is 19.1 Å². The molecule has 1 heterocycles. The minimum atomic E-state index is -0.858. The minimum absolute atomic E-state index is 0.104. The van der Waals surface area contributed by atoms with Gasteiger partial charge in [0.1, 0.15) is 19.2 Å². The maximum atomic E-state index is 11.6. The number of nitrogens with zero attached hydrogens (tertiary/aromatic N) is 5. The van der Waals surface area contributed by atoms with Gasteiger partial charge in [-0.2, -0.15) is 0 Å². The molecule has 0 aliphatic carbocycles. The van der Waals surface area contributed by atoms with Crippen LogP contribution in [0.15, 0.2) is 6.33 Å². The molecule has 1 atom stereocenters. The van der Waals surface area contributed by atoms with Crippen molar-refractivity contribution in [3.8, 4) is 0 Å². The summed E-state index contributed by atoms with van der Waals surface area (Å²) in [5, 5.41) is 31.6. The molecule has 13 nitrogen and oxygen atoms in total. The molecule has 0 fully saturated rings. The number of carbonyl (C=O) groups is 2. The van der Waals surface area contributed by atoms with Crippen LogP contribution in [0.5, 0.6) is 0 Å². The van der Waals surface area contributed by atoms with Gasteiger partial charge in [-0.1, -0.05) is 5.43 Å². The topological polar surface area (TPSA) is 181 Å². The van der Waals surface area contributed by atoms with Crippen molar-refractivity contribution in [2.24, 2.45) is 0 Å². The van der Waals surface area contributed by atoms with Gasteiger partial charge in [0.25, 0.3) is 5.96 Å². The van der Waals surface area contributed by atoms with Crippen molar-refractivity contribution >= 4 is 18.2 Å². The van der Waals surface area contributed by atoms with Crippen molar-refractivity contribution in [2.45, 2.75) is 25.4 Å². The van der Waals surface area contributed by atoms with E-state index in [1.807, 2.05) is 0 Å². The van der Waals surface area contributed by atoms with Crippen LogP contribution in [0, 0.1) is 15.5 Å². The van der Waals surface area contributed by atoms with Crippen LogP contribution in [0.1, 0.15) is 12.8 Å². The molecule has 0 saturated carbocycles. The molecular formula is C9H15N9O4. The van der Waals surface area contributed by atoms with Gasteiger partial charge in [-0.05, 0) is 23.3 Å². The van der Waals surface area contributed by atoms with Gasteiger partial charge < -0.3 is 15.4 Å². The number of amides is 1. The van der Waals surface area contributed by atoms with Gasteiger partial charge in [0.05, 0.1) is 6.04 Å². The summed E-state index contributed by atoms with van der Waals surface area (Å²) >= 11 is 0. The molecule has 0 bridgehead atoms. The number of tetrazole rings is 1. The van der Waals surface area contributed by atoms with Crippen LogP contribution in [0.25, 0.3) is 0 Å². The quantitative estimate of drug-likeness (QED) is 0.0951. The van der Waals surface area contributed by atoms with E-state index < -0.39 is 22.9 Å². The van der Waals surface area contributed by atoms with Gasteiger partial charge in [-0.25, -0.2) is 14.8 Å². The summed E-state index contributed by atoms with van der Waals surface area (Å²) < 4.78 is 1.21. The first-order valence-electron chi connectivity index (χ1n) is 6.20. The zero-order valence-electron chi connectivity index (χ0n) is 11.4. The monoisotopic (exact) mass is 313 g/mol. The van der Waals surface area contributed by atoms with Crippen molar-refractivity contribution in [2.75, 3.05) is 6.54 Å². The van der Waals surface area contributed by atoms with E-state index in [1.165, 1.54) is 11.0 Å². The number of aldehydes is 1. The molecule has 0 aliphatic rings. The molecule has 1 aromatic rings. The lowest BCUT2D eigenvalue weighted by Gasteiger charge is -2.12. The molecule has 120 valence electrons. The number of hydrazine groups is 1. The van der Waals surface area contributed by atoms with Crippen LogP contribution < -0.4 is 16.1 Å². The number of hydrogen-bond donors (Lipinski definition) is 4. The lowest BCUT2D eigenvalue weighted by Crippen LogP contribution is -2.41. The molecule has 13 heteroatoms. The highest BCUT2D eigenvalue weighted by atomic mass is 16.7. The Labute approximate surface area is 124 Å². The Morgan fingerprint density at radius 2 is 2.32 bits per heavy atom. The molecule has 22 heavy (non-hydrogen) atoms. The van der Waals surface area contributed by atoms with Gasteiger partial charge in [0.2, 0.25) is 5.91 Å². The second-order valence-electron chi connectivity index (χ2n) is 4.13. The molecule has 0 saturated heterocycles. The maximum absolute atomic E-state index is 11.6. The predicted octanol–water partition coefficient (Wildman–Crippen LogP) is -2.56. The fraction of sp³-hybridized carbons (Fsp3) is 0.556. The fourth-order valence-corrected chi connectivity index (χ4v) is 1.49. The first-order valence-corrected chi connectivity index (χ1v) is 6.20. The predicted molar refractivity (Wildman–Crippen MR) is 70.9 cm³/mol. The van der Waals surface area contributed by atoms with Crippen LogP contribution in [0.4, 0.5) is 0 Å². The summed E-state index contributed by atoms with van der Waals surface area (Å²) in [5.74, 6) is -0.865. The third-order valence-electron chi connectivity index (χ3n) is 2.40. The Morgan fingerprint density at radius 1 is 1.55 bits per heavy atom. The van der Waals surface area contributed by atoms with Crippen molar-refractivity contribution in [1.29, 1.82) is 5.41 Å². The molecule has 0 spiro atoms. The molecule has 0 aliphatic heterocycles. The summed E-state index contributed by atoms with van der Waals surface area (Å²) in [4.78, 5) is 32.6. The summed E-state index contributed by atoms with van der Waals surface area (Å²) in [6, 6.07) is -0.691. The number of rotatable bonds is 9.